The van der Waals surface area contributed by atoms with Gasteiger partial charge in [-0.2, -0.15) is 5.26 Å². The zero-order valence-electron chi connectivity index (χ0n) is 19.6. The molecule has 0 fully saturated rings. The van der Waals surface area contributed by atoms with Crippen LogP contribution >= 0.6 is 11.3 Å². The third-order valence-corrected chi connectivity index (χ3v) is 6.65. The molecular weight excluding hydrogens is 496 g/mol. The van der Waals surface area contributed by atoms with Crippen LogP contribution in [0.1, 0.15) is 21.6 Å². The number of non-ortho nitro benzene ring substituents is 1. The highest BCUT2D eigenvalue weighted by molar-refractivity contribution is 7.16. The summed E-state index contributed by atoms with van der Waals surface area (Å²) in [6.45, 7) is 0.739. The lowest BCUT2D eigenvalue weighted by atomic mass is 10.0. The molecule has 37 heavy (non-hydrogen) atoms. The van der Waals surface area contributed by atoms with Gasteiger partial charge in [0.25, 0.3) is 5.69 Å². The van der Waals surface area contributed by atoms with Gasteiger partial charge in [0, 0.05) is 29.6 Å². The van der Waals surface area contributed by atoms with Crippen molar-refractivity contribution < 1.29 is 24.0 Å². The second kappa shape index (κ2) is 11.8. The number of fused-ring (bicyclic) bond motifs is 1. The molecule has 1 aliphatic heterocycles. The topological polar surface area (TPSA) is 135 Å². The third-order valence-electron chi connectivity index (χ3n) is 5.52. The number of ether oxygens (including phenoxy) is 2. The molecule has 10 nitrogen and oxygen atoms in total. The molecule has 0 saturated heterocycles. The minimum Gasteiger partial charge on any atom is -0.490 e. The summed E-state index contributed by atoms with van der Waals surface area (Å²) in [5.41, 5.74) is 2.10. The number of thiophene rings is 1. The first kappa shape index (κ1) is 25.4. The number of nitriles is 1. The van der Waals surface area contributed by atoms with E-state index in [2.05, 4.69) is 11.4 Å². The quantitative estimate of drug-likeness (QED) is 0.197. The van der Waals surface area contributed by atoms with E-state index in [1.54, 1.807) is 6.08 Å². The van der Waals surface area contributed by atoms with Gasteiger partial charge in [0.2, 0.25) is 5.91 Å². The molecule has 0 saturated carbocycles. The lowest BCUT2D eigenvalue weighted by Crippen LogP contribution is -2.36. The Labute approximate surface area is 216 Å². The van der Waals surface area contributed by atoms with Crippen LogP contribution in [-0.2, 0) is 22.5 Å². The normalized spacial score (nSPS) is 12.5. The van der Waals surface area contributed by atoms with Gasteiger partial charge in [0.1, 0.15) is 30.0 Å². The number of nitrogens with zero attached hydrogens (tertiary/aromatic N) is 3. The molecule has 188 valence electrons. The first-order valence-electron chi connectivity index (χ1n) is 11.3. The van der Waals surface area contributed by atoms with Gasteiger partial charge in [-0.25, -0.2) is 4.79 Å². The molecule has 1 aromatic heterocycles. The van der Waals surface area contributed by atoms with E-state index < -0.39 is 11.0 Å². The Bertz CT molecular complexity index is 1360. The van der Waals surface area contributed by atoms with Gasteiger partial charge < -0.3 is 19.7 Å². The summed E-state index contributed by atoms with van der Waals surface area (Å²) in [5.74, 6) is 0.0864. The maximum absolute atomic E-state index is 12.5. The van der Waals surface area contributed by atoms with E-state index in [1.807, 2.05) is 30.3 Å². The highest BCUT2D eigenvalue weighted by atomic mass is 32.1. The van der Waals surface area contributed by atoms with Crippen LogP contribution in [0.3, 0.4) is 0 Å². The summed E-state index contributed by atoms with van der Waals surface area (Å²) in [4.78, 5) is 37.5. The van der Waals surface area contributed by atoms with Gasteiger partial charge in [-0.3, -0.25) is 14.9 Å². The van der Waals surface area contributed by atoms with Crippen LogP contribution in [-0.4, -0.2) is 41.6 Å². The molecule has 2 aromatic carbocycles. The van der Waals surface area contributed by atoms with E-state index in [9.17, 15) is 25.0 Å². The molecule has 1 aliphatic rings. The Kier molecular flexibility index (Phi) is 8.12. The number of carbonyl (C=O) groups is 2. The van der Waals surface area contributed by atoms with Crippen molar-refractivity contribution in [1.29, 1.82) is 5.26 Å². The molecule has 0 bridgehead atoms. The number of nitro groups is 1. The Hall–Kier alpha value is -4.69. The largest absolute Gasteiger partial charge is 0.490 e. The number of benzene rings is 2. The summed E-state index contributed by atoms with van der Waals surface area (Å²) >= 11 is 1.28. The number of anilines is 1. The van der Waals surface area contributed by atoms with Gasteiger partial charge in [-0.05, 0) is 35.8 Å². The second-order valence-electron chi connectivity index (χ2n) is 7.94. The summed E-state index contributed by atoms with van der Waals surface area (Å²) in [6, 6.07) is 17.2. The van der Waals surface area contributed by atoms with E-state index in [0.717, 1.165) is 16.0 Å². The maximum atomic E-state index is 12.5. The molecule has 4 rings (SSSR count). The molecule has 0 radical (unpaired) electrons. The molecule has 0 aliphatic carbocycles. The molecular formula is C26H22N4O6S. The molecule has 1 N–H and O–H groups in total. The predicted molar refractivity (Wildman–Crippen MR) is 137 cm³/mol. The molecule has 2 heterocycles. The molecule has 0 unspecified atom stereocenters. The summed E-state index contributed by atoms with van der Waals surface area (Å²) in [5, 5.41) is 23.6. The van der Waals surface area contributed by atoms with Crippen molar-refractivity contribution in [2.45, 2.75) is 13.0 Å². The van der Waals surface area contributed by atoms with Crippen LogP contribution in [0.2, 0.25) is 0 Å². The number of amides is 2. The van der Waals surface area contributed by atoms with Crippen LogP contribution in [0.15, 0.2) is 60.7 Å². The Morgan fingerprint density at radius 2 is 1.92 bits per heavy atom. The summed E-state index contributed by atoms with van der Waals surface area (Å²) in [7, 11) is 0. The second-order valence-corrected chi connectivity index (χ2v) is 9.04. The molecule has 2 amide bonds. The van der Waals surface area contributed by atoms with Crippen LogP contribution in [0, 0.1) is 21.4 Å². The fourth-order valence-electron chi connectivity index (χ4n) is 3.70. The smallest absolute Gasteiger partial charge is 0.410 e. The van der Waals surface area contributed by atoms with Crippen LogP contribution in [0.25, 0.3) is 6.08 Å². The number of carbonyl (C=O) groups excluding carboxylic acids is 2. The van der Waals surface area contributed by atoms with Crippen LogP contribution < -0.4 is 10.1 Å². The standard InChI is InChI=1S/C26H22N4O6S/c27-16-22-21-12-13-29(26(32)36-15-14-35-20-9-7-19(8-10-20)30(33)34)17-23(21)37-25(22)28-24(31)11-6-18-4-2-1-3-5-18/h1-11H,12-15,17H2,(H,28,31). The van der Waals surface area contributed by atoms with Crippen LogP contribution in [0.5, 0.6) is 5.75 Å². The van der Waals surface area contributed by atoms with Gasteiger partial charge in [-0.15, -0.1) is 11.3 Å². The highest BCUT2D eigenvalue weighted by Crippen LogP contribution is 2.36. The van der Waals surface area contributed by atoms with Gasteiger partial charge in [-0.1, -0.05) is 30.3 Å². The Balaban J connectivity index is 1.29. The first-order chi connectivity index (χ1) is 17.9. The van der Waals surface area contributed by atoms with Gasteiger partial charge in [0.15, 0.2) is 0 Å². The van der Waals surface area contributed by atoms with Crippen LogP contribution in [0.4, 0.5) is 15.5 Å². The predicted octanol–water partition coefficient (Wildman–Crippen LogP) is 4.75. The average molecular weight is 519 g/mol. The van der Waals surface area contributed by atoms with Crippen molar-refractivity contribution in [3.05, 3.63) is 92.4 Å². The molecule has 3 aromatic rings. The van der Waals surface area contributed by atoms with Crippen molar-refractivity contribution in [2.24, 2.45) is 0 Å². The summed E-state index contributed by atoms with van der Waals surface area (Å²) < 4.78 is 10.8. The van der Waals surface area contributed by atoms with Gasteiger partial charge in [0.05, 0.1) is 17.0 Å². The number of rotatable bonds is 8. The average Bonchev–Trinajstić information content (AvgIpc) is 3.26. The van der Waals surface area contributed by atoms with Crippen molar-refractivity contribution in [3.8, 4) is 11.8 Å². The van der Waals surface area contributed by atoms with Crippen molar-refractivity contribution >= 4 is 40.1 Å². The van der Waals surface area contributed by atoms with Crippen molar-refractivity contribution in [1.82, 2.24) is 4.90 Å². The van der Waals surface area contributed by atoms with E-state index >= 15 is 0 Å². The third kappa shape index (κ3) is 6.50. The fraction of sp³-hybridized carbons (Fsp3) is 0.192. The minimum atomic E-state index is -0.513. The lowest BCUT2D eigenvalue weighted by Gasteiger charge is -2.26. The van der Waals surface area contributed by atoms with E-state index in [0.29, 0.717) is 29.3 Å². The number of hydrogen-bond donors (Lipinski definition) is 1. The lowest BCUT2D eigenvalue weighted by molar-refractivity contribution is -0.384. The van der Waals surface area contributed by atoms with Gasteiger partial charge >= 0.3 is 6.09 Å². The van der Waals surface area contributed by atoms with E-state index in [4.69, 9.17) is 9.47 Å². The molecule has 0 atom stereocenters. The van der Waals surface area contributed by atoms with Crippen molar-refractivity contribution in [2.75, 3.05) is 25.1 Å². The Morgan fingerprint density at radius 1 is 1.16 bits per heavy atom. The molecule has 0 spiro atoms. The van der Waals surface area contributed by atoms with E-state index in [1.165, 1.54) is 46.6 Å². The van der Waals surface area contributed by atoms with E-state index in [-0.39, 0.29) is 31.4 Å². The Morgan fingerprint density at radius 3 is 2.62 bits per heavy atom. The zero-order chi connectivity index (χ0) is 26.2. The maximum Gasteiger partial charge on any atom is 0.410 e. The SMILES string of the molecule is N#Cc1c(NC(=O)C=Cc2ccccc2)sc2c1CCN(C(=O)OCCOc1ccc([N+](=O)[O-])cc1)C2. The fourth-order valence-corrected chi connectivity index (χ4v) is 4.92. The number of nitro benzene ring substituents is 1. The molecule has 11 heteroatoms. The summed E-state index contributed by atoms with van der Waals surface area (Å²) in [6.07, 6.45) is 3.07. The number of hydrogen-bond acceptors (Lipinski definition) is 8. The highest BCUT2D eigenvalue weighted by Gasteiger charge is 2.28. The number of nitrogens with one attached hydrogen (secondary N) is 1. The zero-order valence-corrected chi connectivity index (χ0v) is 20.4. The van der Waals surface area contributed by atoms with Crippen molar-refractivity contribution in [3.63, 3.8) is 0 Å². The monoisotopic (exact) mass is 518 g/mol. The first-order valence-corrected chi connectivity index (χ1v) is 12.1. The minimum absolute atomic E-state index is 0.00210.